The molecular weight excluding hydrogens is 312 g/mol. The van der Waals surface area contributed by atoms with E-state index in [9.17, 15) is 18.5 Å². The number of rotatable bonds is 6. The average Bonchev–Trinajstić information content (AvgIpc) is 2.49. The summed E-state index contributed by atoms with van der Waals surface area (Å²) in [6.45, 7) is 1.47. The van der Waals surface area contributed by atoms with Crippen LogP contribution in [0.5, 0.6) is 17.4 Å². The van der Waals surface area contributed by atoms with E-state index >= 15 is 0 Å². The summed E-state index contributed by atoms with van der Waals surface area (Å²) in [7, 11) is -3.60. The van der Waals surface area contributed by atoms with E-state index in [1.54, 1.807) is 0 Å². The van der Waals surface area contributed by atoms with E-state index in [1.165, 1.54) is 49.5 Å². The molecule has 0 atom stereocenters. The lowest BCUT2D eigenvalue weighted by molar-refractivity contribution is -0.384. The van der Waals surface area contributed by atoms with Crippen molar-refractivity contribution in [3.8, 4) is 17.4 Å². The summed E-state index contributed by atoms with van der Waals surface area (Å²) in [5.41, 5.74) is -0.0474. The lowest BCUT2D eigenvalue weighted by Crippen LogP contribution is -2.11. The first kappa shape index (κ1) is 15.7. The van der Waals surface area contributed by atoms with Crippen LogP contribution in [0.4, 0.5) is 5.69 Å². The highest BCUT2D eigenvalue weighted by Crippen LogP contribution is 2.23. The molecule has 0 radical (unpaired) electrons. The molecule has 9 heteroatoms. The number of hydrogen-bond donors (Lipinski definition) is 0. The summed E-state index contributed by atoms with van der Waals surface area (Å²) in [5, 5.41) is 10.5. The molecule has 0 aliphatic carbocycles. The molecule has 1 aromatic heterocycles. The first-order valence-electron chi connectivity index (χ1n) is 6.20. The van der Waals surface area contributed by atoms with Crippen molar-refractivity contribution in [3.05, 3.63) is 52.7 Å². The van der Waals surface area contributed by atoms with Gasteiger partial charge < -0.3 is 8.92 Å². The fraction of sp³-hybridized carbons (Fsp3) is 0.154. The predicted molar refractivity (Wildman–Crippen MR) is 77.5 cm³/mol. The molecule has 0 aliphatic rings. The summed E-state index contributed by atoms with van der Waals surface area (Å²) in [6.07, 6.45) is 1.22. The molecule has 116 valence electrons. The maximum Gasteiger partial charge on any atom is 0.308 e. The molecule has 1 heterocycles. The van der Waals surface area contributed by atoms with Crippen LogP contribution in [0, 0.1) is 10.1 Å². The molecule has 0 N–H and O–H groups in total. The number of non-ortho nitro benzene ring substituents is 1. The quantitative estimate of drug-likeness (QED) is 0.456. The average molecular weight is 324 g/mol. The molecule has 0 unspecified atom stereocenters. The summed E-state index contributed by atoms with van der Waals surface area (Å²) in [5.74, 6) is 0.509. The van der Waals surface area contributed by atoms with Crippen LogP contribution in [0.25, 0.3) is 0 Å². The number of hydrogen-bond acceptors (Lipinski definition) is 7. The highest BCUT2D eigenvalue weighted by atomic mass is 32.2. The molecule has 0 saturated heterocycles. The molecule has 0 saturated carbocycles. The van der Waals surface area contributed by atoms with Crippen molar-refractivity contribution in [1.82, 2.24) is 4.98 Å². The van der Waals surface area contributed by atoms with Crippen molar-refractivity contribution in [2.24, 2.45) is 0 Å². The van der Waals surface area contributed by atoms with E-state index < -0.39 is 15.0 Å². The summed E-state index contributed by atoms with van der Waals surface area (Å²) < 4.78 is 32.8. The minimum absolute atomic E-state index is 0.0474. The van der Waals surface area contributed by atoms with Crippen LogP contribution >= 0.6 is 0 Å². The number of nitro benzene ring substituents is 1. The van der Waals surface area contributed by atoms with E-state index in [0.29, 0.717) is 5.75 Å². The highest BCUT2D eigenvalue weighted by Gasteiger charge is 2.10. The molecule has 0 aliphatic heterocycles. The van der Waals surface area contributed by atoms with Crippen molar-refractivity contribution in [3.63, 3.8) is 0 Å². The van der Waals surface area contributed by atoms with Gasteiger partial charge in [-0.1, -0.05) is 0 Å². The first-order valence-corrected chi connectivity index (χ1v) is 7.78. The maximum absolute atomic E-state index is 11.3. The Hall–Kier alpha value is -2.68. The van der Waals surface area contributed by atoms with Gasteiger partial charge in [0.25, 0.3) is 5.69 Å². The minimum Gasteiger partial charge on any atom is -0.439 e. The number of aromatic nitrogens is 1. The fourth-order valence-corrected chi connectivity index (χ4v) is 1.95. The van der Waals surface area contributed by atoms with Gasteiger partial charge in [0.05, 0.1) is 16.9 Å². The Morgan fingerprint density at radius 1 is 1.14 bits per heavy atom. The second-order valence-electron chi connectivity index (χ2n) is 4.11. The van der Waals surface area contributed by atoms with Gasteiger partial charge in [-0.15, -0.1) is 0 Å². The van der Waals surface area contributed by atoms with Gasteiger partial charge >= 0.3 is 10.1 Å². The van der Waals surface area contributed by atoms with Crippen LogP contribution in [0.1, 0.15) is 6.92 Å². The van der Waals surface area contributed by atoms with Gasteiger partial charge in [-0.25, -0.2) is 4.98 Å². The summed E-state index contributed by atoms with van der Waals surface area (Å²) in [6, 6.07) is 8.32. The van der Waals surface area contributed by atoms with E-state index in [4.69, 9.17) is 8.92 Å². The minimum atomic E-state index is -3.60. The van der Waals surface area contributed by atoms with Crippen LogP contribution in [0.2, 0.25) is 0 Å². The van der Waals surface area contributed by atoms with E-state index in [0.717, 1.165) is 0 Å². The molecule has 0 amide bonds. The van der Waals surface area contributed by atoms with Crippen molar-refractivity contribution < 1.29 is 22.3 Å². The number of benzene rings is 1. The SMILES string of the molecule is CCS(=O)(=O)Oc1ccc(Oc2ccc([N+](=O)[O-])cc2)nc1. The fourth-order valence-electron chi connectivity index (χ4n) is 1.44. The normalized spacial score (nSPS) is 11.0. The lowest BCUT2D eigenvalue weighted by Gasteiger charge is -2.06. The highest BCUT2D eigenvalue weighted by molar-refractivity contribution is 7.87. The number of nitro groups is 1. The molecule has 1 aromatic carbocycles. The topological polar surface area (TPSA) is 109 Å². The van der Waals surface area contributed by atoms with Crippen molar-refractivity contribution in [2.75, 3.05) is 5.75 Å². The van der Waals surface area contributed by atoms with E-state index in [-0.39, 0.29) is 23.1 Å². The van der Waals surface area contributed by atoms with Gasteiger partial charge in [-0.05, 0) is 25.1 Å². The van der Waals surface area contributed by atoms with E-state index in [1.807, 2.05) is 0 Å². The molecular formula is C13H12N2O6S. The largest absolute Gasteiger partial charge is 0.439 e. The molecule has 0 fully saturated rings. The zero-order valence-corrected chi connectivity index (χ0v) is 12.3. The smallest absolute Gasteiger partial charge is 0.308 e. The van der Waals surface area contributed by atoms with Crippen LogP contribution in [-0.4, -0.2) is 24.1 Å². The molecule has 2 aromatic rings. The zero-order valence-electron chi connectivity index (χ0n) is 11.5. The Kier molecular flexibility index (Phi) is 4.56. The van der Waals surface area contributed by atoms with Crippen molar-refractivity contribution in [2.45, 2.75) is 6.92 Å². The number of ether oxygens (including phenoxy) is 1. The second-order valence-corrected chi connectivity index (χ2v) is 5.97. The van der Waals surface area contributed by atoms with E-state index in [2.05, 4.69) is 4.98 Å². The molecule has 0 spiro atoms. The van der Waals surface area contributed by atoms with Gasteiger partial charge in [-0.3, -0.25) is 10.1 Å². The third kappa shape index (κ3) is 4.16. The Morgan fingerprint density at radius 3 is 2.27 bits per heavy atom. The maximum atomic E-state index is 11.3. The number of nitrogens with zero attached hydrogens (tertiary/aromatic N) is 2. The monoisotopic (exact) mass is 324 g/mol. The van der Waals surface area contributed by atoms with Crippen molar-refractivity contribution >= 4 is 15.8 Å². The Balaban J connectivity index is 2.06. The number of pyridine rings is 1. The second kappa shape index (κ2) is 6.39. The molecule has 22 heavy (non-hydrogen) atoms. The van der Waals surface area contributed by atoms with Gasteiger partial charge in [0.2, 0.25) is 5.88 Å². The van der Waals surface area contributed by atoms with Gasteiger partial charge in [-0.2, -0.15) is 8.42 Å². The standard InChI is InChI=1S/C13H12N2O6S/c1-2-22(18,19)21-12-7-8-13(14-9-12)20-11-5-3-10(4-6-11)15(16)17/h3-9H,2H2,1H3. The molecule has 8 nitrogen and oxygen atoms in total. The van der Waals surface area contributed by atoms with Crippen LogP contribution in [-0.2, 0) is 10.1 Å². The van der Waals surface area contributed by atoms with Crippen molar-refractivity contribution in [1.29, 1.82) is 0 Å². The third-order valence-corrected chi connectivity index (χ3v) is 3.71. The van der Waals surface area contributed by atoms with Gasteiger partial charge in [0.15, 0.2) is 5.75 Å². The predicted octanol–water partition coefficient (Wildman–Crippen LogP) is 2.51. The first-order chi connectivity index (χ1) is 10.4. The Bertz CT molecular complexity index is 756. The summed E-state index contributed by atoms with van der Waals surface area (Å²) in [4.78, 5) is 13.9. The molecule has 2 rings (SSSR count). The van der Waals surface area contributed by atoms with Crippen LogP contribution in [0.3, 0.4) is 0 Å². The van der Waals surface area contributed by atoms with Crippen LogP contribution in [0.15, 0.2) is 42.6 Å². The Morgan fingerprint density at radius 2 is 1.77 bits per heavy atom. The van der Waals surface area contributed by atoms with Gasteiger partial charge in [0.1, 0.15) is 5.75 Å². The third-order valence-electron chi connectivity index (χ3n) is 2.56. The van der Waals surface area contributed by atoms with Gasteiger partial charge in [0, 0.05) is 18.2 Å². The summed E-state index contributed by atoms with van der Waals surface area (Å²) >= 11 is 0. The lowest BCUT2D eigenvalue weighted by atomic mass is 10.3. The Labute approximate surface area is 126 Å². The zero-order chi connectivity index (χ0) is 16.2. The molecule has 0 bridgehead atoms. The van der Waals surface area contributed by atoms with Crippen LogP contribution < -0.4 is 8.92 Å².